The van der Waals surface area contributed by atoms with Gasteiger partial charge in [-0.1, -0.05) is 6.07 Å². The lowest BCUT2D eigenvalue weighted by Crippen LogP contribution is -2.34. The number of alkyl halides is 3. The Morgan fingerprint density at radius 1 is 1.25 bits per heavy atom. The molecule has 1 saturated heterocycles. The molecule has 28 heavy (non-hydrogen) atoms. The SMILES string of the molecule is Cc1cc(N)n2nc([C@@H](c3ccc(OC(F)(F)F)c(F)c3)C3COC3)nc2n1. The Bertz CT molecular complexity index is 1030. The van der Waals surface area contributed by atoms with E-state index in [1.807, 2.05) is 0 Å². The van der Waals surface area contributed by atoms with E-state index in [4.69, 9.17) is 10.5 Å². The Kier molecular flexibility index (Phi) is 4.33. The van der Waals surface area contributed by atoms with Crippen molar-refractivity contribution in [2.75, 3.05) is 18.9 Å². The monoisotopic (exact) mass is 397 g/mol. The number of ether oxygens (including phenoxy) is 2. The van der Waals surface area contributed by atoms with Crippen molar-refractivity contribution in [3.63, 3.8) is 0 Å². The van der Waals surface area contributed by atoms with Gasteiger partial charge in [0, 0.05) is 17.7 Å². The van der Waals surface area contributed by atoms with Gasteiger partial charge in [-0.05, 0) is 24.6 Å². The van der Waals surface area contributed by atoms with E-state index in [2.05, 4.69) is 19.8 Å². The number of anilines is 1. The number of hydrogen-bond acceptors (Lipinski definition) is 6. The number of benzene rings is 1. The van der Waals surface area contributed by atoms with Gasteiger partial charge >= 0.3 is 6.36 Å². The van der Waals surface area contributed by atoms with Gasteiger partial charge in [0.15, 0.2) is 17.4 Å². The van der Waals surface area contributed by atoms with Crippen molar-refractivity contribution in [2.45, 2.75) is 19.2 Å². The zero-order valence-corrected chi connectivity index (χ0v) is 14.6. The van der Waals surface area contributed by atoms with Crippen LogP contribution in [0.3, 0.4) is 0 Å². The van der Waals surface area contributed by atoms with Crippen molar-refractivity contribution in [1.82, 2.24) is 19.6 Å². The third kappa shape index (κ3) is 3.44. The van der Waals surface area contributed by atoms with Gasteiger partial charge in [0.2, 0.25) is 0 Å². The largest absolute Gasteiger partial charge is 0.573 e. The molecule has 0 radical (unpaired) electrons. The number of aromatic nitrogens is 4. The number of halogens is 4. The average molecular weight is 397 g/mol. The van der Waals surface area contributed by atoms with Gasteiger partial charge < -0.3 is 15.2 Å². The summed E-state index contributed by atoms with van der Waals surface area (Å²) in [6.45, 7) is 2.55. The molecule has 148 valence electrons. The van der Waals surface area contributed by atoms with Crippen LogP contribution in [-0.4, -0.2) is 39.2 Å². The summed E-state index contributed by atoms with van der Waals surface area (Å²) in [6.07, 6.45) is -4.98. The highest BCUT2D eigenvalue weighted by Crippen LogP contribution is 2.37. The first-order valence-corrected chi connectivity index (χ1v) is 8.34. The number of fused-ring (bicyclic) bond motifs is 1. The molecule has 2 aromatic heterocycles. The van der Waals surface area contributed by atoms with E-state index >= 15 is 0 Å². The van der Waals surface area contributed by atoms with Crippen LogP contribution in [-0.2, 0) is 4.74 Å². The van der Waals surface area contributed by atoms with Crippen LogP contribution >= 0.6 is 0 Å². The molecule has 1 atom stereocenters. The van der Waals surface area contributed by atoms with Gasteiger partial charge in [0.1, 0.15) is 5.82 Å². The molecule has 1 aliphatic rings. The fourth-order valence-electron chi connectivity index (χ4n) is 3.16. The number of aryl methyl sites for hydroxylation is 1. The Morgan fingerprint density at radius 2 is 2.00 bits per heavy atom. The molecule has 1 aromatic carbocycles. The van der Waals surface area contributed by atoms with Crippen LogP contribution in [0.5, 0.6) is 5.75 Å². The second-order valence-corrected chi connectivity index (χ2v) is 6.52. The molecule has 1 aliphatic heterocycles. The van der Waals surface area contributed by atoms with Crippen LogP contribution in [0, 0.1) is 18.7 Å². The maximum atomic E-state index is 14.2. The van der Waals surface area contributed by atoms with Crippen LogP contribution < -0.4 is 10.5 Å². The second kappa shape index (κ2) is 6.59. The van der Waals surface area contributed by atoms with Gasteiger partial charge in [-0.25, -0.2) is 9.37 Å². The van der Waals surface area contributed by atoms with Crippen LogP contribution in [0.4, 0.5) is 23.4 Å². The molecule has 7 nitrogen and oxygen atoms in total. The van der Waals surface area contributed by atoms with Gasteiger partial charge in [-0.2, -0.15) is 9.50 Å². The molecule has 3 aromatic rings. The normalized spacial score (nSPS) is 16.2. The van der Waals surface area contributed by atoms with Crippen molar-refractivity contribution in [1.29, 1.82) is 0 Å². The summed E-state index contributed by atoms with van der Waals surface area (Å²) in [5.74, 6) is -1.62. The third-order valence-electron chi connectivity index (χ3n) is 4.44. The van der Waals surface area contributed by atoms with E-state index in [1.54, 1.807) is 13.0 Å². The van der Waals surface area contributed by atoms with Crippen molar-refractivity contribution in [3.05, 3.63) is 47.2 Å². The highest BCUT2D eigenvalue weighted by atomic mass is 19.4. The lowest BCUT2D eigenvalue weighted by molar-refractivity contribution is -0.275. The standard InChI is InChI=1S/C17H15F4N5O2/c1-8-4-13(22)26-16(23-8)24-15(25-26)14(10-6-27-7-10)9-2-3-12(11(18)5-9)28-17(19,20)21/h2-5,10,14H,6-7,22H2,1H3/t14-/m0/s1. The Labute approximate surface area is 156 Å². The van der Waals surface area contributed by atoms with Crippen LogP contribution in [0.25, 0.3) is 5.78 Å². The van der Waals surface area contributed by atoms with Gasteiger partial charge in [-0.3, -0.25) is 0 Å². The van der Waals surface area contributed by atoms with E-state index < -0.39 is 23.8 Å². The predicted molar refractivity (Wildman–Crippen MR) is 89.2 cm³/mol. The first-order chi connectivity index (χ1) is 13.2. The number of nitrogens with zero attached hydrogens (tertiary/aromatic N) is 4. The molecule has 0 amide bonds. The summed E-state index contributed by atoms with van der Waals surface area (Å²) in [5.41, 5.74) is 7.02. The van der Waals surface area contributed by atoms with Crippen molar-refractivity contribution in [3.8, 4) is 5.75 Å². The first-order valence-electron chi connectivity index (χ1n) is 8.34. The van der Waals surface area contributed by atoms with Crippen molar-refractivity contribution in [2.24, 2.45) is 5.92 Å². The van der Waals surface area contributed by atoms with E-state index in [0.717, 1.165) is 12.1 Å². The van der Waals surface area contributed by atoms with E-state index in [9.17, 15) is 17.6 Å². The van der Waals surface area contributed by atoms with Crippen LogP contribution in [0.1, 0.15) is 23.0 Å². The summed E-state index contributed by atoms with van der Waals surface area (Å²) in [7, 11) is 0. The number of rotatable bonds is 4. The third-order valence-corrected chi connectivity index (χ3v) is 4.44. The molecular weight excluding hydrogens is 382 g/mol. The minimum absolute atomic E-state index is 0.0616. The zero-order valence-electron chi connectivity index (χ0n) is 14.6. The molecule has 11 heteroatoms. The molecule has 4 rings (SSSR count). The molecule has 0 bridgehead atoms. The average Bonchev–Trinajstić information content (AvgIpc) is 2.95. The summed E-state index contributed by atoms with van der Waals surface area (Å²) < 4.78 is 61.6. The van der Waals surface area contributed by atoms with E-state index in [-0.39, 0.29) is 11.7 Å². The highest BCUT2D eigenvalue weighted by molar-refractivity contribution is 5.43. The minimum atomic E-state index is -4.98. The lowest BCUT2D eigenvalue weighted by atomic mass is 9.84. The van der Waals surface area contributed by atoms with Crippen LogP contribution in [0.2, 0.25) is 0 Å². The minimum Gasteiger partial charge on any atom is -0.403 e. The maximum absolute atomic E-state index is 14.2. The van der Waals surface area contributed by atoms with Gasteiger partial charge in [-0.15, -0.1) is 18.3 Å². The lowest BCUT2D eigenvalue weighted by Gasteiger charge is -2.32. The fraction of sp³-hybridized carbons (Fsp3) is 0.353. The topological polar surface area (TPSA) is 87.6 Å². The summed E-state index contributed by atoms with van der Waals surface area (Å²) >= 11 is 0. The summed E-state index contributed by atoms with van der Waals surface area (Å²) in [6, 6.07) is 4.94. The molecule has 3 heterocycles. The first kappa shape index (κ1) is 18.4. The van der Waals surface area contributed by atoms with Gasteiger partial charge in [0.25, 0.3) is 5.78 Å². The molecule has 0 aliphatic carbocycles. The Balaban J connectivity index is 1.75. The predicted octanol–water partition coefficient (Wildman–Crippen LogP) is 2.83. The number of hydrogen-bond donors (Lipinski definition) is 1. The molecule has 2 N–H and O–H groups in total. The maximum Gasteiger partial charge on any atom is 0.573 e. The second-order valence-electron chi connectivity index (χ2n) is 6.52. The molecule has 0 saturated carbocycles. The van der Waals surface area contributed by atoms with Crippen molar-refractivity contribution >= 4 is 11.6 Å². The number of nitrogens with two attached hydrogens (primary N) is 1. The molecule has 1 fully saturated rings. The van der Waals surface area contributed by atoms with E-state index in [1.165, 1.54) is 10.6 Å². The fourth-order valence-corrected chi connectivity index (χ4v) is 3.16. The van der Waals surface area contributed by atoms with Gasteiger partial charge in [0.05, 0.1) is 19.1 Å². The molecule has 0 spiro atoms. The van der Waals surface area contributed by atoms with Crippen molar-refractivity contribution < 1.29 is 27.0 Å². The highest BCUT2D eigenvalue weighted by Gasteiger charge is 2.36. The molecule has 0 unspecified atom stereocenters. The summed E-state index contributed by atoms with van der Waals surface area (Å²) in [5, 5.41) is 4.37. The molecular formula is C17H15F4N5O2. The van der Waals surface area contributed by atoms with Crippen LogP contribution in [0.15, 0.2) is 24.3 Å². The van der Waals surface area contributed by atoms with E-state index in [0.29, 0.717) is 36.1 Å². The zero-order chi connectivity index (χ0) is 20.1. The smallest absolute Gasteiger partial charge is 0.403 e. The quantitative estimate of drug-likeness (QED) is 0.682. The summed E-state index contributed by atoms with van der Waals surface area (Å²) in [4.78, 5) is 8.66. The Morgan fingerprint density at radius 3 is 2.61 bits per heavy atom. The number of nitrogen functional groups attached to an aromatic ring is 1. The Hall–Kier alpha value is -2.95.